The predicted molar refractivity (Wildman–Crippen MR) is 106 cm³/mol. The van der Waals surface area contributed by atoms with E-state index in [1.54, 1.807) is 0 Å². The normalized spacial score (nSPS) is 19.3. The Morgan fingerprint density at radius 1 is 1.34 bits per heavy atom. The van der Waals surface area contributed by atoms with E-state index in [9.17, 15) is 18.0 Å². The number of halogens is 3. The van der Waals surface area contributed by atoms with Gasteiger partial charge in [0, 0.05) is 47.9 Å². The molecule has 5 rings (SSSR count). The van der Waals surface area contributed by atoms with E-state index >= 15 is 0 Å². The molecule has 3 N–H and O–H groups in total. The molecule has 1 spiro atoms. The highest BCUT2D eigenvalue weighted by molar-refractivity contribution is 5.93. The number of likely N-dealkylation sites (tertiary alicyclic amines) is 1. The summed E-state index contributed by atoms with van der Waals surface area (Å²) in [6.07, 6.45) is -1.96. The zero-order valence-corrected chi connectivity index (χ0v) is 16.4. The van der Waals surface area contributed by atoms with E-state index in [-0.39, 0.29) is 40.0 Å². The Labute approximate surface area is 178 Å². The summed E-state index contributed by atoms with van der Waals surface area (Å²) in [6, 6.07) is 4.72. The molecule has 3 aromatic heterocycles. The number of aromatic nitrogens is 4. The summed E-state index contributed by atoms with van der Waals surface area (Å²) in [4.78, 5) is 27.3. The van der Waals surface area contributed by atoms with E-state index in [2.05, 4.69) is 25.3 Å². The first-order chi connectivity index (χ1) is 15.2. The van der Waals surface area contributed by atoms with Gasteiger partial charge in [0.15, 0.2) is 0 Å². The smallest absolute Gasteiger partial charge is 0.419 e. The summed E-state index contributed by atoms with van der Waals surface area (Å²) in [5.74, 6) is 0.0433. The molecule has 9 nitrogen and oxygen atoms in total. The lowest BCUT2D eigenvalue weighted by Gasteiger charge is -2.59. The Bertz CT molecular complexity index is 1270. The second kappa shape index (κ2) is 6.81. The average molecular weight is 443 g/mol. The molecule has 0 radical (unpaired) electrons. The Balaban J connectivity index is 1.50. The van der Waals surface area contributed by atoms with E-state index < -0.39 is 17.8 Å². The van der Waals surface area contributed by atoms with Gasteiger partial charge in [0.05, 0.1) is 5.69 Å². The van der Waals surface area contributed by atoms with Crippen LogP contribution in [0.5, 0.6) is 0 Å². The fraction of sp³-hybridized carbons (Fsp3) is 0.350. The molecule has 32 heavy (non-hydrogen) atoms. The topological polar surface area (TPSA) is 131 Å². The highest BCUT2D eigenvalue weighted by Crippen LogP contribution is 2.49. The maximum Gasteiger partial charge on any atom is 0.419 e. The minimum atomic E-state index is -4.68. The Hall–Kier alpha value is -3.88. The summed E-state index contributed by atoms with van der Waals surface area (Å²) in [5, 5.41) is 21.6. The molecule has 1 atom stereocenters. The predicted octanol–water partition coefficient (Wildman–Crippen LogP) is 3.46. The van der Waals surface area contributed by atoms with Gasteiger partial charge in [-0.15, -0.1) is 0 Å². The zero-order valence-electron chi connectivity index (χ0n) is 16.4. The van der Waals surface area contributed by atoms with Gasteiger partial charge in [-0.3, -0.25) is 0 Å². The molecule has 2 fully saturated rings. The molecule has 2 aliphatic rings. The molecule has 4 heterocycles. The van der Waals surface area contributed by atoms with Gasteiger partial charge in [-0.25, -0.2) is 19.7 Å². The minimum absolute atomic E-state index is 0.0433. The third-order valence-electron chi connectivity index (χ3n) is 6.26. The number of anilines is 1. The molecule has 0 aromatic carbocycles. The number of carbonyl (C=O) groups is 1. The van der Waals surface area contributed by atoms with Gasteiger partial charge in [-0.2, -0.15) is 18.4 Å². The van der Waals surface area contributed by atoms with Gasteiger partial charge in [-0.05, 0) is 25.0 Å². The molecule has 1 saturated carbocycles. The number of nitrogens with zero attached hydrogens (tertiary/aromatic N) is 5. The van der Waals surface area contributed by atoms with Crippen LogP contribution in [0.1, 0.15) is 24.1 Å². The van der Waals surface area contributed by atoms with Crippen molar-refractivity contribution in [1.82, 2.24) is 24.8 Å². The third kappa shape index (κ3) is 3.08. The maximum atomic E-state index is 13.7. The quantitative estimate of drug-likeness (QED) is 0.565. The number of aromatic amines is 1. The molecule has 12 heteroatoms. The number of fused-ring (bicyclic) bond motifs is 1. The van der Waals surface area contributed by atoms with Crippen molar-refractivity contribution in [3.05, 3.63) is 35.8 Å². The molecule has 0 unspecified atom stereocenters. The average Bonchev–Trinajstić information content (AvgIpc) is 3.12. The highest BCUT2D eigenvalue weighted by atomic mass is 19.4. The first-order valence-electron chi connectivity index (χ1n) is 9.77. The number of nitriles is 1. The second-order valence-corrected chi connectivity index (χ2v) is 8.10. The first-order valence-corrected chi connectivity index (χ1v) is 9.77. The lowest BCUT2D eigenvalue weighted by Crippen LogP contribution is -2.69. The van der Waals surface area contributed by atoms with Crippen LogP contribution in [-0.2, 0) is 6.18 Å². The van der Waals surface area contributed by atoms with Crippen LogP contribution in [0.4, 0.5) is 23.9 Å². The van der Waals surface area contributed by atoms with E-state index in [4.69, 9.17) is 10.4 Å². The Kier molecular flexibility index (Phi) is 4.27. The Morgan fingerprint density at radius 3 is 2.75 bits per heavy atom. The zero-order chi connectivity index (χ0) is 22.7. The number of pyridine rings is 1. The van der Waals surface area contributed by atoms with E-state index in [1.807, 2.05) is 6.07 Å². The van der Waals surface area contributed by atoms with E-state index in [0.29, 0.717) is 18.5 Å². The minimum Gasteiger partial charge on any atom is -0.465 e. The molecule has 1 aliphatic carbocycles. The molecule has 1 aliphatic heterocycles. The lowest BCUT2D eigenvalue weighted by molar-refractivity contribution is -0.137. The summed E-state index contributed by atoms with van der Waals surface area (Å²) in [6.45, 7) is 0.756. The van der Waals surface area contributed by atoms with Crippen LogP contribution in [0.15, 0.2) is 24.5 Å². The largest absolute Gasteiger partial charge is 0.465 e. The summed E-state index contributed by atoms with van der Waals surface area (Å²) in [7, 11) is 0. The third-order valence-corrected chi connectivity index (χ3v) is 6.26. The van der Waals surface area contributed by atoms with Crippen molar-refractivity contribution in [2.24, 2.45) is 5.41 Å². The molecule has 1 saturated heterocycles. The van der Waals surface area contributed by atoms with Crippen LogP contribution in [0, 0.1) is 16.7 Å². The van der Waals surface area contributed by atoms with Crippen molar-refractivity contribution < 1.29 is 23.1 Å². The Morgan fingerprint density at radius 2 is 2.12 bits per heavy atom. The fourth-order valence-corrected chi connectivity index (χ4v) is 4.43. The van der Waals surface area contributed by atoms with E-state index in [1.165, 1.54) is 23.2 Å². The fourth-order valence-electron chi connectivity index (χ4n) is 4.43. The van der Waals surface area contributed by atoms with Crippen molar-refractivity contribution in [3.8, 4) is 17.3 Å². The van der Waals surface area contributed by atoms with Crippen molar-refractivity contribution in [2.45, 2.75) is 25.1 Å². The summed E-state index contributed by atoms with van der Waals surface area (Å²) in [5.41, 5.74) is -0.916. The molecule has 3 aromatic rings. The van der Waals surface area contributed by atoms with Crippen molar-refractivity contribution in [1.29, 1.82) is 5.26 Å². The van der Waals surface area contributed by atoms with Crippen LogP contribution in [0.2, 0.25) is 0 Å². The number of rotatable bonds is 3. The standard InChI is InChI=1S/C20H16F3N7O2/c21-20(22,23)13-7-26-17(28-14-3-4-19(14)8-30(9-19)18(31)32)29-15(13)12-6-25-16-11(12)2-1-10(5-24)27-16/h1-2,6-7,14H,3-4,8-9H2,(H,25,27)(H,31,32)(H,26,28,29)/t14-/m1/s1. The number of hydrogen-bond donors (Lipinski definition) is 3. The van der Waals surface area contributed by atoms with E-state index in [0.717, 1.165) is 19.0 Å². The van der Waals surface area contributed by atoms with Crippen LogP contribution in [0.3, 0.4) is 0 Å². The SMILES string of the molecule is N#Cc1ccc2c(-c3nc(N[C@@H]4CCC45CN(C(=O)O)C5)ncc3C(F)(F)F)c[nH]c2n1. The highest BCUT2D eigenvalue weighted by Gasteiger charge is 2.56. The second-order valence-electron chi connectivity index (χ2n) is 8.10. The number of hydrogen-bond acceptors (Lipinski definition) is 6. The molecule has 164 valence electrons. The monoisotopic (exact) mass is 443 g/mol. The van der Waals surface area contributed by atoms with Gasteiger partial charge in [-0.1, -0.05) is 0 Å². The number of amides is 1. The molecule has 0 bridgehead atoms. The molecular weight excluding hydrogens is 427 g/mol. The van der Waals surface area contributed by atoms with Gasteiger partial charge in [0.25, 0.3) is 0 Å². The number of H-pyrrole nitrogens is 1. The number of nitrogens with one attached hydrogen (secondary N) is 2. The van der Waals surface area contributed by atoms with Crippen LogP contribution < -0.4 is 5.32 Å². The van der Waals surface area contributed by atoms with Crippen LogP contribution in [0.25, 0.3) is 22.3 Å². The number of alkyl halides is 3. The van der Waals surface area contributed by atoms with Crippen LogP contribution >= 0.6 is 0 Å². The van der Waals surface area contributed by atoms with Crippen molar-refractivity contribution in [2.75, 3.05) is 18.4 Å². The lowest BCUT2D eigenvalue weighted by atomic mass is 9.59. The summed E-state index contributed by atoms with van der Waals surface area (Å²) >= 11 is 0. The summed E-state index contributed by atoms with van der Waals surface area (Å²) < 4.78 is 41.1. The van der Waals surface area contributed by atoms with Crippen LogP contribution in [-0.4, -0.2) is 55.2 Å². The molecular formula is C20H16F3N7O2. The molecule has 1 amide bonds. The number of carboxylic acid groups (broad SMARTS) is 1. The van der Waals surface area contributed by atoms with Gasteiger partial charge < -0.3 is 20.3 Å². The van der Waals surface area contributed by atoms with Crippen molar-refractivity contribution >= 4 is 23.1 Å². The van der Waals surface area contributed by atoms with Gasteiger partial charge in [0.1, 0.15) is 23.0 Å². The van der Waals surface area contributed by atoms with Gasteiger partial charge >= 0.3 is 12.3 Å². The first kappa shape index (κ1) is 20.0. The van der Waals surface area contributed by atoms with Crippen molar-refractivity contribution in [3.63, 3.8) is 0 Å². The van der Waals surface area contributed by atoms with Gasteiger partial charge in [0.2, 0.25) is 5.95 Å². The maximum absolute atomic E-state index is 13.7.